The SMILES string of the molecule is C[C@@H](CCc1ccc2c(n1)NCCC2)Nc1ncc(C#N)cn1. The van der Waals surface area contributed by atoms with Gasteiger partial charge in [-0.15, -0.1) is 0 Å². The predicted octanol–water partition coefficient (Wildman–Crippen LogP) is 2.53. The maximum Gasteiger partial charge on any atom is 0.222 e. The normalized spacial score (nSPS) is 14.3. The van der Waals surface area contributed by atoms with Gasteiger partial charge < -0.3 is 10.6 Å². The van der Waals surface area contributed by atoms with Gasteiger partial charge in [-0.3, -0.25) is 0 Å². The van der Waals surface area contributed by atoms with E-state index in [0.29, 0.717) is 11.5 Å². The molecule has 1 aliphatic rings. The van der Waals surface area contributed by atoms with Gasteiger partial charge in [0.1, 0.15) is 11.9 Å². The number of hydrogen-bond donors (Lipinski definition) is 2. The fourth-order valence-corrected chi connectivity index (χ4v) is 2.63. The summed E-state index contributed by atoms with van der Waals surface area (Å²) in [4.78, 5) is 13.0. The van der Waals surface area contributed by atoms with Crippen LogP contribution in [0.3, 0.4) is 0 Å². The van der Waals surface area contributed by atoms with Crippen molar-refractivity contribution in [3.63, 3.8) is 0 Å². The van der Waals surface area contributed by atoms with Crippen molar-refractivity contribution in [2.75, 3.05) is 17.2 Å². The average molecular weight is 308 g/mol. The molecule has 0 saturated heterocycles. The Morgan fingerprint density at radius 2 is 2.17 bits per heavy atom. The van der Waals surface area contributed by atoms with Gasteiger partial charge in [0.25, 0.3) is 0 Å². The monoisotopic (exact) mass is 308 g/mol. The molecule has 0 unspecified atom stereocenters. The first-order valence-corrected chi connectivity index (χ1v) is 7.96. The number of aryl methyl sites for hydroxylation is 2. The predicted molar refractivity (Wildman–Crippen MR) is 89.2 cm³/mol. The Balaban J connectivity index is 1.54. The van der Waals surface area contributed by atoms with Crippen molar-refractivity contribution in [1.82, 2.24) is 15.0 Å². The molecule has 118 valence electrons. The molecule has 2 aromatic heterocycles. The van der Waals surface area contributed by atoms with Gasteiger partial charge in [0.05, 0.1) is 18.0 Å². The molecule has 3 rings (SSSR count). The second-order valence-corrected chi connectivity index (χ2v) is 5.83. The number of pyridine rings is 1. The number of fused-ring (bicyclic) bond motifs is 1. The molecule has 0 saturated carbocycles. The first-order valence-electron chi connectivity index (χ1n) is 7.96. The van der Waals surface area contributed by atoms with Crippen LogP contribution in [-0.2, 0) is 12.8 Å². The van der Waals surface area contributed by atoms with E-state index in [2.05, 4.69) is 39.7 Å². The Labute approximate surface area is 136 Å². The third-order valence-electron chi connectivity index (χ3n) is 3.94. The molecule has 3 heterocycles. The van der Waals surface area contributed by atoms with Gasteiger partial charge in [0.2, 0.25) is 5.95 Å². The van der Waals surface area contributed by atoms with Crippen LogP contribution >= 0.6 is 0 Å². The van der Waals surface area contributed by atoms with Gasteiger partial charge in [-0.2, -0.15) is 5.26 Å². The zero-order chi connectivity index (χ0) is 16.1. The molecule has 0 aliphatic carbocycles. The van der Waals surface area contributed by atoms with Gasteiger partial charge >= 0.3 is 0 Å². The Morgan fingerprint density at radius 1 is 1.35 bits per heavy atom. The maximum atomic E-state index is 8.74. The molecule has 1 aliphatic heterocycles. The van der Waals surface area contributed by atoms with Crippen LogP contribution in [0.1, 0.15) is 36.6 Å². The van der Waals surface area contributed by atoms with Crippen molar-refractivity contribution in [1.29, 1.82) is 5.26 Å². The van der Waals surface area contributed by atoms with Crippen LogP contribution < -0.4 is 10.6 Å². The standard InChI is InChI=1S/C17H20N6/c1-12(22-17-20-10-13(9-18)11-21-17)4-6-15-7-5-14-3-2-8-19-16(14)23-15/h5,7,10-12H,2-4,6,8H2,1H3,(H,19,23)(H,20,21,22)/t12-/m0/s1. The van der Waals surface area contributed by atoms with Crippen molar-refractivity contribution in [2.24, 2.45) is 0 Å². The lowest BCUT2D eigenvalue weighted by Crippen LogP contribution is -2.18. The van der Waals surface area contributed by atoms with Crippen LogP contribution in [0.4, 0.5) is 11.8 Å². The zero-order valence-electron chi connectivity index (χ0n) is 13.2. The van der Waals surface area contributed by atoms with Gasteiger partial charge in [0.15, 0.2) is 0 Å². The van der Waals surface area contributed by atoms with Gasteiger partial charge in [-0.25, -0.2) is 15.0 Å². The molecule has 2 N–H and O–H groups in total. The van der Waals surface area contributed by atoms with Crippen LogP contribution in [0, 0.1) is 11.3 Å². The molecule has 6 heteroatoms. The minimum atomic E-state index is 0.230. The van der Waals surface area contributed by atoms with Crippen molar-refractivity contribution in [2.45, 2.75) is 38.6 Å². The van der Waals surface area contributed by atoms with E-state index in [0.717, 1.165) is 37.3 Å². The molecule has 1 atom stereocenters. The Bertz CT molecular complexity index is 704. The van der Waals surface area contributed by atoms with Crippen LogP contribution in [-0.4, -0.2) is 27.5 Å². The summed E-state index contributed by atoms with van der Waals surface area (Å²) in [6, 6.07) is 6.55. The van der Waals surface area contributed by atoms with E-state index in [9.17, 15) is 0 Å². The lowest BCUT2D eigenvalue weighted by Gasteiger charge is -2.18. The molecule has 0 bridgehead atoms. The summed E-state index contributed by atoms with van der Waals surface area (Å²) in [7, 11) is 0. The van der Waals surface area contributed by atoms with E-state index < -0.39 is 0 Å². The number of nitriles is 1. The van der Waals surface area contributed by atoms with Crippen LogP contribution in [0.5, 0.6) is 0 Å². The largest absolute Gasteiger partial charge is 0.370 e. The van der Waals surface area contributed by atoms with Crippen LogP contribution in [0.15, 0.2) is 24.5 Å². The topological polar surface area (TPSA) is 86.5 Å². The molecule has 0 fully saturated rings. The van der Waals surface area contributed by atoms with Crippen molar-refractivity contribution < 1.29 is 0 Å². The van der Waals surface area contributed by atoms with Gasteiger partial charge in [0, 0.05) is 18.3 Å². The summed E-state index contributed by atoms with van der Waals surface area (Å²) in [6.45, 7) is 3.11. The van der Waals surface area contributed by atoms with Crippen molar-refractivity contribution in [3.05, 3.63) is 41.3 Å². The highest BCUT2D eigenvalue weighted by molar-refractivity contribution is 5.47. The molecule has 0 aromatic carbocycles. The lowest BCUT2D eigenvalue weighted by atomic mass is 10.1. The minimum absolute atomic E-state index is 0.230. The number of nitrogens with zero attached hydrogens (tertiary/aromatic N) is 4. The van der Waals surface area contributed by atoms with Gasteiger partial charge in [-0.05, 0) is 44.2 Å². The van der Waals surface area contributed by atoms with Crippen molar-refractivity contribution in [3.8, 4) is 6.07 Å². The Hall–Kier alpha value is -2.68. The summed E-state index contributed by atoms with van der Waals surface area (Å²) in [6.07, 6.45) is 7.19. The number of aromatic nitrogens is 3. The second kappa shape index (κ2) is 7.05. The lowest BCUT2D eigenvalue weighted by molar-refractivity contribution is 0.687. The highest BCUT2D eigenvalue weighted by Crippen LogP contribution is 2.20. The molecule has 0 spiro atoms. The van der Waals surface area contributed by atoms with E-state index >= 15 is 0 Å². The van der Waals surface area contributed by atoms with E-state index in [1.54, 1.807) is 0 Å². The molecule has 0 amide bonds. The highest BCUT2D eigenvalue weighted by atomic mass is 15.1. The van der Waals surface area contributed by atoms with Crippen LogP contribution in [0.25, 0.3) is 0 Å². The summed E-state index contributed by atoms with van der Waals surface area (Å²) in [5, 5.41) is 15.4. The van der Waals surface area contributed by atoms with Crippen LogP contribution in [0.2, 0.25) is 0 Å². The molecule has 0 radical (unpaired) electrons. The fraction of sp³-hybridized carbons (Fsp3) is 0.412. The van der Waals surface area contributed by atoms with Gasteiger partial charge in [-0.1, -0.05) is 6.07 Å². The summed E-state index contributed by atoms with van der Waals surface area (Å²) in [5.74, 6) is 1.60. The van der Waals surface area contributed by atoms with E-state index in [1.165, 1.54) is 24.4 Å². The maximum absolute atomic E-state index is 8.74. The molecule has 2 aromatic rings. The number of nitrogens with one attached hydrogen (secondary N) is 2. The highest BCUT2D eigenvalue weighted by Gasteiger charge is 2.11. The molecular weight excluding hydrogens is 288 g/mol. The molecule has 23 heavy (non-hydrogen) atoms. The quantitative estimate of drug-likeness (QED) is 0.882. The zero-order valence-corrected chi connectivity index (χ0v) is 13.2. The summed E-state index contributed by atoms with van der Waals surface area (Å²) < 4.78 is 0. The smallest absolute Gasteiger partial charge is 0.222 e. The summed E-state index contributed by atoms with van der Waals surface area (Å²) >= 11 is 0. The number of anilines is 2. The number of rotatable bonds is 5. The second-order valence-electron chi connectivity index (χ2n) is 5.83. The minimum Gasteiger partial charge on any atom is -0.370 e. The first-order chi connectivity index (χ1) is 11.2. The third-order valence-corrected chi connectivity index (χ3v) is 3.94. The van der Waals surface area contributed by atoms with E-state index in [1.807, 2.05) is 6.07 Å². The number of hydrogen-bond acceptors (Lipinski definition) is 6. The Kier molecular flexibility index (Phi) is 4.67. The first kappa shape index (κ1) is 15.2. The average Bonchev–Trinajstić information content (AvgIpc) is 2.60. The van der Waals surface area contributed by atoms with Crippen molar-refractivity contribution >= 4 is 11.8 Å². The van der Waals surface area contributed by atoms with E-state index in [4.69, 9.17) is 10.2 Å². The third kappa shape index (κ3) is 3.95. The molecule has 6 nitrogen and oxygen atoms in total. The fourth-order valence-electron chi connectivity index (χ4n) is 2.63. The Morgan fingerprint density at radius 3 is 2.96 bits per heavy atom. The summed E-state index contributed by atoms with van der Waals surface area (Å²) in [5.41, 5.74) is 2.89. The molecular formula is C17H20N6. The van der Waals surface area contributed by atoms with E-state index in [-0.39, 0.29) is 6.04 Å².